The Bertz CT molecular complexity index is 955. The summed E-state index contributed by atoms with van der Waals surface area (Å²) in [6.07, 6.45) is 6.60. The normalized spacial score (nSPS) is 21.4. The molecule has 2 aliphatic rings. The van der Waals surface area contributed by atoms with E-state index in [0.29, 0.717) is 19.5 Å². The molecule has 1 saturated heterocycles. The fraction of sp³-hybridized carbons (Fsp3) is 0.350. The Kier molecular flexibility index (Phi) is 4.74. The fourth-order valence-electron chi connectivity index (χ4n) is 3.62. The van der Waals surface area contributed by atoms with Crippen molar-refractivity contribution in [2.45, 2.75) is 31.4 Å². The van der Waals surface area contributed by atoms with Gasteiger partial charge in [0.1, 0.15) is 23.0 Å². The first-order valence-electron chi connectivity index (χ1n) is 9.03. The van der Waals surface area contributed by atoms with E-state index in [4.69, 9.17) is 16.3 Å². The smallest absolute Gasteiger partial charge is 0.267 e. The standard InChI is InChI=1S/C20H20ClN3O3/c21-17-6-7-18(25)24(22-17)14-19(26)23-12-3-9-20(11-13-23)10-8-15-4-1-2-5-16(15)27-20/h1-2,4-8,10H,3,9,11-14H2/t20-/m1/s1. The SMILES string of the molecule is O=C(Cn1nc(Cl)ccc1=O)N1CCC[C@@]2(C=Cc3ccccc3O2)CC1. The number of benzene rings is 1. The molecule has 0 unspecified atom stereocenters. The molecule has 140 valence electrons. The molecule has 1 spiro atoms. The molecule has 0 saturated carbocycles. The van der Waals surface area contributed by atoms with Crippen molar-refractivity contribution in [3.05, 3.63) is 63.5 Å². The minimum absolute atomic E-state index is 0.105. The van der Waals surface area contributed by atoms with Crippen molar-refractivity contribution in [2.24, 2.45) is 0 Å². The molecule has 0 N–H and O–H groups in total. The molecule has 1 aromatic carbocycles. The van der Waals surface area contributed by atoms with Crippen LogP contribution < -0.4 is 10.3 Å². The maximum absolute atomic E-state index is 12.7. The van der Waals surface area contributed by atoms with E-state index in [9.17, 15) is 9.59 Å². The molecule has 2 aliphatic heterocycles. The van der Waals surface area contributed by atoms with Crippen LogP contribution in [-0.4, -0.2) is 39.3 Å². The molecule has 4 rings (SSSR count). The quantitative estimate of drug-likeness (QED) is 0.797. The summed E-state index contributed by atoms with van der Waals surface area (Å²) in [5.41, 5.74) is 0.357. The first-order valence-corrected chi connectivity index (χ1v) is 9.41. The number of amides is 1. The second kappa shape index (κ2) is 7.19. The lowest BCUT2D eigenvalue weighted by Gasteiger charge is -2.34. The highest BCUT2D eigenvalue weighted by Crippen LogP contribution is 2.36. The molecule has 1 aromatic heterocycles. The van der Waals surface area contributed by atoms with Gasteiger partial charge < -0.3 is 9.64 Å². The van der Waals surface area contributed by atoms with E-state index in [0.717, 1.165) is 28.8 Å². The Morgan fingerprint density at radius 2 is 2.04 bits per heavy atom. The third-order valence-corrected chi connectivity index (χ3v) is 5.31. The minimum atomic E-state index is -0.380. The maximum atomic E-state index is 12.7. The van der Waals surface area contributed by atoms with Crippen LogP contribution in [0.25, 0.3) is 6.08 Å². The second-order valence-electron chi connectivity index (χ2n) is 6.92. The predicted octanol–water partition coefficient (Wildman–Crippen LogP) is 2.75. The molecule has 27 heavy (non-hydrogen) atoms. The average Bonchev–Trinajstić information content (AvgIpc) is 2.87. The van der Waals surface area contributed by atoms with E-state index < -0.39 is 0 Å². The summed E-state index contributed by atoms with van der Waals surface area (Å²) in [7, 11) is 0. The summed E-state index contributed by atoms with van der Waals surface area (Å²) < 4.78 is 7.42. The monoisotopic (exact) mass is 385 g/mol. The number of nitrogens with zero attached hydrogens (tertiary/aromatic N) is 3. The number of likely N-dealkylation sites (tertiary alicyclic amines) is 1. The molecule has 7 heteroatoms. The van der Waals surface area contributed by atoms with Crippen LogP contribution in [0, 0.1) is 0 Å². The lowest BCUT2D eigenvalue weighted by atomic mass is 9.91. The van der Waals surface area contributed by atoms with Crippen LogP contribution in [0.1, 0.15) is 24.8 Å². The van der Waals surface area contributed by atoms with E-state index in [-0.39, 0.29) is 28.8 Å². The number of halogens is 1. The Morgan fingerprint density at radius 3 is 2.93 bits per heavy atom. The van der Waals surface area contributed by atoms with E-state index in [1.54, 1.807) is 4.90 Å². The van der Waals surface area contributed by atoms with Crippen molar-refractivity contribution in [1.29, 1.82) is 0 Å². The highest BCUT2D eigenvalue weighted by Gasteiger charge is 2.35. The van der Waals surface area contributed by atoms with Gasteiger partial charge in [-0.1, -0.05) is 35.9 Å². The highest BCUT2D eigenvalue weighted by molar-refractivity contribution is 6.29. The number of ether oxygens (including phenoxy) is 1. The summed E-state index contributed by atoms with van der Waals surface area (Å²) in [5, 5.41) is 4.12. The zero-order chi connectivity index (χ0) is 18.9. The van der Waals surface area contributed by atoms with Crippen LogP contribution >= 0.6 is 11.6 Å². The van der Waals surface area contributed by atoms with Gasteiger partial charge in [-0.25, -0.2) is 4.68 Å². The van der Waals surface area contributed by atoms with Gasteiger partial charge in [0.2, 0.25) is 5.91 Å². The lowest BCUT2D eigenvalue weighted by Crippen LogP contribution is -2.40. The van der Waals surface area contributed by atoms with Crippen LogP contribution in [0.3, 0.4) is 0 Å². The van der Waals surface area contributed by atoms with Gasteiger partial charge in [-0.3, -0.25) is 9.59 Å². The number of carbonyl (C=O) groups is 1. The van der Waals surface area contributed by atoms with Crippen molar-refractivity contribution in [1.82, 2.24) is 14.7 Å². The Morgan fingerprint density at radius 1 is 1.19 bits per heavy atom. The van der Waals surface area contributed by atoms with Crippen molar-refractivity contribution >= 4 is 23.6 Å². The third kappa shape index (κ3) is 3.76. The molecule has 1 amide bonds. The molecule has 1 fully saturated rings. The van der Waals surface area contributed by atoms with Gasteiger partial charge in [-0.15, -0.1) is 0 Å². The predicted molar refractivity (Wildman–Crippen MR) is 103 cm³/mol. The Balaban J connectivity index is 1.45. The number of para-hydroxylation sites is 1. The van der Waals surface area contributed by atoms with E-state index in [1.165, 1.54) is 12.1 Å². The van der Waals surface area contributed by atoms with Crippen LogP contribution in [-0.2, 0) is 11.3 Å². The largest absolute Gasteiger partial charge is 0.483 e. The molecule has 0 bridgehead atoms. The molecule has 6 nitrogen and oxygen atoms in total. The molecule has 2 aromatic rings. The van der Waals surface area contributed by atoms with E-state index in [2.05, 4.69) is 17.3 Å². The van der Waals surface area contributed by atoms with Gasteiger partial charge in [-0.05, 0) is 31.1 Å². The number of carbonyl (C=O) groups excluding carboxylic acids is 1. The fourth-order valence-corrected chi connectivity index (χ4v) is 3.77. The zero-order valence-corrected chi connectivity index (χ0v) is 15.6. The van der Waals surface area contributed by atoms with Gasteiger partial charge in [0.25, 0.3) is 5.56 Å². The number of hydrogen-bond donors (Lipinski definition) is 0. The molecule has 3 heterocycles. The molecule has 0 aliphatic carbocycles. The van der Waals surface area contributed by atoms with Crippen molar-refractivity contribution < 1.29 is 9.53 Å². The van der Waals surface area contributed by atoms with E-state index >= 15 is 0 Å². The summed E-state index contributed by atoms with van der Waals surface area (Å²) in [5.74, 6) is 0.749. The molecule has 1 atom stereocenters. The second-order valence-corrected chi connectivity index (χ2v) is 7.31. The summed E-state index contributed by atoms with van der Waals surface area (Å²) >= 11 is 5.83. The minimum Gasteiger partial charge on any atom is -0.483 e. The molecule has 0 radical (unpaired) electrons. The van der Waals surface area contributed by atoms with Crippen LogP contribution in [0.5, 0.6) is 5.75 Å². The summed E-state index contributed by atoms with van der Waals surface area (Å²) in [6, 6.07) is 10.7. The van der Waals surface area contributed by atoms with Gasteiger partial charge in [-0.2, -0.15) is 5.10 Å². The summed E-state index contributed by atoms with van der Waals surface area (Å²) in [6.45, 7) is 1.10. The number of rotatable bonds is 2. The third-order valence-electron chi connectivity index (χ3n) is 5.10. The lowest BCUT2D eigenvalue weighted by molar-refractivity contribution is -0.132. The van der Waals surface area contributed by atoms with Crippen molar-refractivity contribution in [3.63, 3.8) is 0 Å². The Hall–Kier alpha value is -2.60. The molecular weight excluding hydrogens is 366 g/mol. The maximum Gasteiger partial charge on any atom is 0.267 e. The number of fused-ring (bicyclic) bond motifs is 1. The van der Waals surface area contributed by atoms with Crippen LogP contribution in [0.15, 0.2) is 47.3 Å². The first kappa shape index (κ1) is 17.8. The topological polar surface area (TPSA) is 64.4 Å². The number of hydrogen-bond acceptors (Lipinski definition) is 4. The van der Waals surface area contributed by atoms with Crippen LogP contribution in [0.2, 0.25) is 5.15 Å². The highest BCUT2D eigenvalue weighted by atomic mass is 35.5. The van der Waals surface area contributed by atoms with Gasteiger partial charge >= 0.3 is 0 Å². The molecular formula is C20H20ClN3O3. The average molecular weight is 386 g/mol. The van der Waals surface area contributed by atoms with E-state index in [1.807, 2.05) is 24.3 Å². The van der Waals surface area contributed by atoms with Gasteiger partial charge in [0, 0.05) is 31.1 Å². The van der Waals surface area contributed by atoms with Gasteiger partial charge in [0.05, 0.1) is 0 Å². The van der Waals surface area contributed by atoms with Crippen molar-refractivity contribution in [3.8, 4) is 5.75 Å². The Labute approximate surface area is 162 Å². The summed E-state index contributed by atoms with van der Waals surface area (Å²) in [4.78, 5) is 26.3. The number of aromatic nitrogens is 2. The van der Waals surface area contributed by atoms with Gasteiger partial charge in [0.15, 0.2) is 0 Å². The van der Waals surface area contributed by atoms with Crippen molar-refractivity contribution in [2.75, 3.05) is 13.1 Å². The zero-order valence-electron chi connectivity index (χ0n) is 14.8. The first-order chi connectivity index (χ1) is 13.0. The van der Waals surface area contributed by atoms with Crippen LogP contribution in [0.4, 0.5) is 0 Å².